The van der Waals surface area contributed by atoms with Crippen LogP contribution in [0.3, 0.4) is 0 Å². The zero-order valence-corrected chi connectivity index (χ0v) is 11.0. The highest BCUT2D eigenvalue weighted by molar-refractivity contribution is 5.66. The van der Waals surface area contributed by atoms with Crippen LogP contribution < -0.4 is 5.73 Å². The lowest BCUT2D eigenvalue weighted by Crippen LogP contribution is -2.35. The number of nitrogens with two attached hydrogens (primary N) is 1. The molecule has 0 amide bonds. The maximum atomic E-state index is 11.2. The molecule has 5 nitrogen and oxygen atoms in total. The van der Waals surface area contributed by atoms with Crippen molar-refractivity contribution >= 4 is 11.7 Å². The van der Waals surface area contributed by atoms with Crippen LogP contribution in [0, 0.1) is 0 Å². The van der Waals surface area contributed by atoms with Crippen LogP contribution >= 0.6 is 0 Å². The molecule has 2 unspecified atom stereocenters. The monoisotopic (exact) mass is 262 g/mol. The van der Waals surface area contributed by atoms with E-state index in [4.69, 9.17) is 15.2 Å². The molecule has 2 N–H and O–H groups in total. The summed E-state index contributed by atoms with van der Waals surface area (Å²) in [6, 6.07) is 1.88. The molecule has 5 heteroatoms. The van der Waals surface area contributed by atoms with Crippen molar-refractivity contribution in [2.45, 2.75) is 50.4 Å². The second-order valence-electron chi connectivity index (χ2n) is 5.47. The molecule has 3 rings (SSSR count). The number of ether oxygens (including phenoxy) is 2. The minimum Gasteiger partial charge on any atom is -0.462 e. The van der Waals surface area contributed by atoms with Crippen LogP contribution in [0.4, 0.5) is 5.69 Å². The van der Waals surface area contributed by atoms with E-state index in [0.29, 0.717) is 12.1 Å². The van der Waals surface area contributed by atoms with E-state index in [-0.39, 0.29) is 23.8 Å². The van der Waals surface area contributed by atoms with Gasteiger partial charge in [0.15, 0.2) is 0 Å². The molecule has 2 fully saturated rings. The van der Waals surface area contributed by atoms with E-state index < -0.39 is 0 Å². The largest absolute Gasteiger partial charge is 0.462 e. The van der Waals surface area contributed by atoms with E-state index in [0.717, 1.165) is 24.8 Å². The number of hydrogen-bond donors (Lipinski definition) is 1. The van der Waals surface area contributed by atoms with Crippen molar-refractivity contribution in [3.63, 3.8) is 0 Å². The molecule has 2 heterocycles. The first kappa shape index (κ1) is 12.4. The molecule has 1 aliphatic carbocycles. The smallest absolute Gasteiger partial charge is 0.302 e. The summed E-state index contributed by atoms with van der Waals surface area (Å²) in [6.07, 6.45) is 6.69. The summed E-state index contributed by atoms with van der Waals surface area (Å²) in [6.45, 7) is 1.45. The number of hydrogen-bond acceptors (Lipinski definition) is 5. The van der Waals surface area contributed by atoms with Gasteiger partial charge in [-0.15, -0.1) is 0 Å². The van der Waals surface area contributed by atoms with Crippen LogP contribution in [0.1, 0.15) is 44.3 Å². The number of pyridine rings is 1. The summed E-state index contributed by atoms with van der Waals surface area (Å²) in [5.74, 6) is -0.232. The number of esters is 1. The summed E-state index contributed by atoms with van der Waals surface area (Å²) < 4.78 is 11.5. The molecule has 0 radical (unpaired) electrons. The van der Waals surface area contributed by atoms with E-state index in [2.05, 4.69) is 4.98 Å². The first-order valence-corrected chi connectivity index (χ1v) is 6.62. The number of anilines is 1. The Hall–Kier alpha value is -1.62. The third kappa shape index (κ3) is 2.56. The van der Waals surface area contributed by atoms with E-state index in [9.17, 15) is 4.79 Å². The third-order valence-electron chi connectivity index (χ3n) is 3.84. The van der Waals surface area contributed by atoms with Gasteiger partial charge in [0.25, 0.3) is 0 Å². The maximum Gasteiger partial charge on any atom is 0.302 e. The number of carbonyl (C=O) groups excluding carboxylic acids is 1. The molecule has 0 bridgehead atoms. The summed E-state index contributed by atoms with van der Waals surface area (Å²) in [4.78, 5) is 15.1. The standard InChI is InChI=1S/C14H18N2O3/c1-9(17)18-10-6-13(19-14(7-10)3-4-14)11-2-5-16-8-12(11)15/h2,5,8,10,13H,3-4,6-7,15H2,1H3. The van der Waals surface area contributed by atoms with Crippen LogP contribution in [0.5, 0.6) is 0 Å². The fourth-order valence-electron chi connectivity index (χ4n) is 2.82. The predicted octanol–water partition coefficient (Wildman–Crippen LogP) is 1.98. The first-order chi connectivity index (χ1) is 9.08. The van der Waals surface area contributed by atoms with Gasteiger partial charge in [-0.05, 0) is 18.9 Å². The quantitative estimate of drug-likeness (QED) is 0.825. The molecule has 1 aromatic rings. The van der Waals surface area contributed by atoms with Crippen molar-refractivity contribution in [3.8, 4) is 0 Å². The lowest BCUT2D eigenvalue weighted by molar-refractivity contribution is -0.163. The van der Waals surface area contributed by atoms with E-state index in [1.165, 1.54) is 6.92 Å². The number of nitrogen functional groups attached to an aromatic ring is 1. The molecule has 102 valence electrons. The second-order valence-corrected chi connectivity index (χ2v) is 5.47. The SMILES string of the molecule is CC(=O)OC1CC(c2ccncc2N)OC2(CC2)C1. The Labute approximate surface area is 112 Å². The van der Waals surface area contributed by atoms with Crippen LogP contribution in [0.2, 0.25) is 0 Å². The molecule has 0 aromatic carbocycles. The van der Waals surface area contributed by atoms with Gasteiger partial charge in [-0.1, -0.05) is 0 Å². The molecular weight excluding hydrogens is 244 g/mol. The summed E-state index contributed by atoms with van der Waals surface area (Å²) in [7, 11) is 0. The number of carbonyl (C=O) groups is 1. The van der Waals surface area contributed by atoms with Crippen LogP contribution in [-0.2, 0) is 14.3 Å². The molecule has 2 atom stereocenters. The van der Waals surface area contributed by atoms with Crippen LogP contribution in [-0.4, -0.2) is 22.7 Å². The molecule has 1 aliphatic heterocycles. The van der Waals surface area contributed by atoms with E-state index in [1.54, 1.807) is 12.4 Å². The highest BCUT2D eigenvalue weighted by Crippen LogP contribution is 2.52. The summed E-state index contributed by atoms with van der Waals surface area (Å²) >= 11 is 0. The lowest BCUT2D eigenvalue weighted by atomic mass is 9.94. The van der Waals surface area contributed by atoms with Gasteiger partial charge >= 0.3 is 5.97 Å². The predicted molar refractivity (Wildman–Crippen MR) is 69.2 cm³/mol. The Morgan fingerprint density at radius 1 is 1.58 bits per heavy atom. The molecule has 1 aromatic heterocycles. The Morgan fingerprint density at radius 3 is 3.00 bits per heavy atom. The minimum atomic E-state index is -0.232. The van der Waals surface area contributed by atoms with Crippen molar-refractivity contribution in [2.24, 2.45) is 0 Å². The topological polar surface area (TPSA) is 74.4 Å². The Bertz CT molecular complexity index is 499. The van der Waals surface area contributed by atoms with Crippen molar-refractivity contribution in [3.05, 3.63) is 24.0 Å². The number of rotatable bonds is 2. The molecule has 1 saturated heterocycles. The summed E-state index contributed by atoms with van der Waals surface area (Å²) in [5, 5.41) is 0. The molecule has 1 spiro atoms. The van der Waals surface area contributed by atoms with Gasteiger partial charge < -0.3 is 15.2 Å². The Balaban J connectivity index is 1.81. The van der Waals surface area contributed by atoms with Gasteiger partial charge in [-0.3, -0.25) is 9.78 Å². The molecular formula is C14H18N2O3. The number of aromatic nitrogens is 1. The van der Waals surface area contributed by atoms with E-state index in [1.807, 2.05) is 6.07 Å². The maximum absolute atomic E-state index is 11.2. The molecule has 19 heavy (non-hydrogen) atoms. The van der Waals surface area contributed by atoms with Gasteiger partial charge in [0, 0.05) is 31.5 Å². The highest BCUT2D eigenvalue weighted by atomic mass is 16.6. The van der Waals surface area contributed by atoms with Gasteiger partial charge in [0.1, 0.15) is 6.10 Å². The fraction of sp³-hybridized carbons (Fsp3) is 0.571. The number of nitrogens with zero attached hydrogens (tertiary/aromatic N) is 1. The highest BCUT2D eigenvalue weighted by Gasteiger charge is 2.51. The van der Waals surface area contributed by atoms with Crippen molar-refractivity contribution in [1.29, 1.82) is 0 Å². The Morgan fingerprint density at radius 2 is 2.37 bits per heavy atom. The van der Waals surface area contributed by atoms with Gasteiger partial charge in [-0.2, -0.15) is 0 Å². The second kappa shape index (κ2) is 4.49. The Kier molecular flexibility index (Phi) is 2.93. The average molecular weight is 262 g/mol. The van der Waals surface area contributed by atoms with Crippen molar-refractivity contribution in [2.75, 3.05) is 5.73 Å². The average Bonchev–Trinajstić information content (AvgIpc) is 3.07. The van der Waals surface area contributed by atoms with Crippen LogP contribution in [0.25, 0.3) is 0 Å². The normalized spacial score (nSPS) is 28.1. The first-order valence-electron chi connectivity index (χ1n) is 6.62. The lowest BCUT2D eigenvalue weighted by Gasteiger charge is -2.35. The van der Waals surface area contributed by atoms with Gasteiger partial charge in [0.2, 0.25) is 0 Å². The minimum absolute atomic E-state index is 0.0775. The molecule has 2 aliphatic rings. The van der Waals surface area contributed by atoms with E-state index >= 15 is 0 Å². The van der Waals surface area contributed by atoms with Gasteiger partial charge in [0.05, 0.1) is 23.6 Å². The fourth-order valence-corrected chi connectivity index (χ4v) is 2.82. The van der Waals surface area contributed by atoms with Crippen molar-refractivity contribution in [1.82, 2.24) is 4.98 Å². The van der Waals surface area contributed by atoms with Crippen LogP contribution in [0.15, 0.2) is 18.5 Å². The zero-order chi connectivity index (χ0) is 13.5. The third-order valence-corrected chi connectivity index (χ3v) is 3.84. The zero-order valence-electron chi connectivity index (χ0n) is 11.0. The van der Waals surface area contributed by atoms with Crippen molar-refractivity contribution < 1.29 is 14.3 Å². The molecule has 1 saturated carbocycles. The summed E-state index contributed by atoms with van der Waals surface area (Å²) in [5.41, 5.74) is 7.43. The van der Waals surface area contributed by atoms with Gasteiger partial charge in [-0.25, -0.2) is 0 Å².